The summed E-state index contributed by atoms with van der Waals surface area (Å²) in [6.07, 6.45) is 1.29. The highest BCUT2D eigenvalue weighted by atomic mass is 35.5. The number of halogens is 2. The first kappa shape index (κ1) is 12.9. The maximum atomic E-state index is 12.0. The molecule has 6 heteroatoms. The van der Waals surface area contributed by atoms with Gasteiger partial charge in [0.25, 0.3) is 0 Å². The lowest BCUT2D eigenvalue weighted by molar-refractivity contribution is 0.0695. The zero-order chi connectivity index (χ0) is 13.4. The average Bonchev–Trinajstić information content (AvgIpc) is 2.34. The first-order valence-corrected chi connectivity index (χ1v) is 5.97. The van der Waals surface area contributed by atoms with Crippen LogP contribution in [0.25, 0.3) is 10.9 Å². The van der Waals surface area contributed by atoms with Crippen LogP contribution in [0.1, 0.15) is 17.3 Å². The molecule has 0 aliphatic carbocycles. The van der Waals surface area contributed by atoms with Crippen LogP contribution in [0.15, 0.2) is 23.1 Å². The van der Waals surface area contributed by atoms with E-state index in [4.69, 9.17) is 28.3 Å². The SMILES string of the molecule is CCn1cc(C(=O)O)c(=O)c2ccc(Cl)c(Cl)c21. The zero-order valence-corrected chi connectivity index (χ0v) is 10.9. The molecule has 0 aliphatic heterocycles. The number of benzene rings is 1. The molecule has 1 aromatic heterocycles. The first-order chi connectivity index (χ1) is 8.47. The summed E-state index contributed by atoms with van der Waals surface area (Å²) in [5, 5.41) is 9.83. The van der Waals surface area contributed by atoms with Gasteiger partial charge < -0.3 is 9.67 Å². The Hall–Kier alpha value is -1.52. The monoisotopic (exact) mass is 285 g/mol. The lowest BCUT2D eigenvalue weighted by atomic mass is 10.1. The van der Waals surface area contributed by atoms with Gasteiger partial charge in [0.2, 0.25) is 5.43 Å². The molecule has 0 atom stereocenters. The van der Waals surface area contributed by atoms with Gasteiger partial charge in [-0.05, 0) is 19.1 Å². The molecule has 1 heterocycles. The molecule has 0 spiro atoms. The second-order valence-corrected chi connectivity index (χ2v) is 4.51. The quantitative estimate of drug-likeness (QED) is 0.923. The van der Waals surface area contributed by atoms with Gasteiger partial charge in [0.05, 0.1) is 15.6 Å². The van der Waals surface area contributed by atoms with Crippen molar-refractivity contribution >= 4 is 40.1 Å². The number of aromatic nitrogens is 1. The average molecular weight is 286 g/mol. The summed E-state index contributed by atoms with van der Waals surface area (Å²) in [6, 6.07) is 2.98. The smallest absolute Gasteiger partial charge is 0.341 e. The van der Waals surface area contributed by atoms with Crippen molar-refractivity contribution in [3.05, 3.63) is 44.2 Å². The summed E-state index contributed by atoms with van der Waals surface area (Å²) in [5.41, 5.74) is -0.370. The Morgan fingerprint density at radius 1 is 1.39 bits per heavy atom. The summed E-state index contributed by atoms with van der Waals surface area (Å²) in [6.45, 7) is 2.31. The summed E-state index contributed by atoms with van der Waals surface area (Å²) >= 11 is 12.0. The molecular formula is C12H9Cl2NO3. The van der Waals surface area contributed by atoms with Crippen molar-refractivity contribution in [3.8, 4) is 0 Å². The van der Waals surface area contributed by atoms with E-state index in [0.717, 1.165) is 0 Å². The van der Waals surface area contributed by atoms with Crippen molar-refractivity contribution in [1.29, 1.82) is 0 Å². The molecule has 0 fully saturated rings. The van der Waals surface area contributed by atoms with Gasteiger partial charge in [0.1, 0.15) is 5.56 Å². The molecule has 1 N–H and O–H groups in total. The fourth-order valence-corrected chi connectivity index (χ4v) is 2.26. The maximum absolute atomic E-state index is 12.0. The molecule has 4 nitrogen and oxygen atoms in total. The van der Waals surface area contributed by atoms with Crippen LogP contribution in [0.3, 0.4) is 0 Å². The number of carbonyl (C=O) groups is 1. The Balaban J connectivity index is 3.03. The minimum absolute atomic E-state index is 0.255. The van der Waals surface area contributed by atoms with Gasteiger partial charge in [-0.2, -0.15) is 0 Å². The number of hydrogen-bond donors (Lipinski definition) is 1. The normalized spacial score (nSPS) is 10.8. The van der Waals surface area contributed by atoms with Gasteiger partial charge in [-0.3, -0.25) is 4.79 Å². The molecule has 18 heavy (non-hydrogen) atoms. The van der Waals surface area contributed by atoms with Gasteiger partial charge in [0.15, 0.2) is 0 Å². The van der Waals surface area contributed by atoms with E-state index in [9.17, 15) is 9.59 Å². The third-order valence-corrected chi connectivity index (χ3v) is 3.50. The Labute approximate surface area is 112 Å². The summed E-state index contributed by atoms with van der Waals surface area (Å²) in [4.78, 5) is 23.0. The lowest BCUT2D eigenvalue weighted by Gasteiger charge is -2.12. The molecule has 2 rings (SSSR count). The van der Waals surface area contributed by atoms with E-state index in [2.05, 4.69) is 0 Å². The highest BCUT2D eigenvalue weighted by molar-refractivity contribution is 6.45. The number of aryl methyl sites for hydroxylation is 1. The van der Waals surface area contributed by atoms with Gasteiger partial charge in [-0.1, -0.05) is 23.2 Å². The van der Waals surface area contributed by atoms with Crippen LogP contribution in [0.4, 0.5) is 0 Å². The number of hydrogen-bond acceptors (Lipinski definition) is 2. The number of fused-ring (bicyclic) bond motifs is 1. The molecule has 0 aliphatic rings. The fraction of sp³-hybridized carbons (Fsp3) is 0.167. The van der Waals surface area contributed by atoms with Crippen molar-refractivity contribution in [2.45, 2.75) is 13.5 Å². The van der Waals surface area contributed by atoms with Gasteiger partial charge >= 0.3 is 5.97 Å². The predicted octanol–water partition coefficient (Wildman–Crippen LogP) is 3.03. The largest absolute Gasteiger partial charge is 0.477 e. The molecule has 0 bridgehead atoms. The van der Waals surface area contributed by atoms with E-state index < -0.39 is 11.4 Å². The third-order valence-electron chi connectivity index (χ3n) is 2.70. The first-order valence-electron chi connectivity index (χ1n) is 5.21. The van der Waals surface area contributed by atoms with Crippen molar-refractivity contribution in [2.75, 3.05) is 0 Å². The highest BCUT2D eigenvalue weighted by Gasteiger charge is 2.16. The molecule has 0 radical (unpaired) electrons. The summed E-state index contributed by atoms with van der Waals surface area (Å²) < 4.78 is 1.61. The minimum atomic E-state index is -1.25. The Kier molecular flexibility index (Phi) is 3.32. The molecule has 2 aromatic rings. The second-order valence-electron chi connectivity index (χ2n) is 3.72. The van der Waals surface area contributed by atoms with E-state index in [1.807, 2.05) is 6.92 Å². The van der Waals surface area contributed by atoms with Gasteiger partial charge in [-0.15, -0.1) is 0 Å². The van der Waals surface area contributed by atoms with Crippen LogP contribution in [0, 0.1) is 0 Å². The molecule has 94 valence electrons. The second kappa shape index (κ2) is 4.63. The number of rotatable bonds is 2. The third kappa shape index (κ3) is 1.87. The summed E-state index contributed by atoms with van der Waals surface area (Å²) in [7, 11) is 0. The maximum Gasteiger partial charge on any atom is 0.341 e. The Morgan fingerprint density at radius 2 is 2.06 bits per heavy atom. The molecule has 0 saturated heterocycles. The standard InChI is InChI=1S/C12H9Cl2NO3/c1-2-15-5-7(12(17)18)11(16)6-3-4-8(13)9(14)10(6)15/h3-5H,2H2,1H3,(H,17,18). The van der Waals surface area contributed by atoms with Gasteiger partial charge in [-0.25, -0.2) is 4.79 Å². The molecule has 1 aromatic carbocycles. The van der Waals surface area contributed by atoms with E-state index in [-0.39, 0.29) is 16.0 Å². The predicted molar refractivity (Wildman–Crippen MR) is 70.9 cm³/mol. The van der Waals surface area contributed by atoms with Crippen molar-refractivity contribution in [2.24, 2.45) is 0 Å². The van der Waals surface area contributed by atoms with Crippen LogP contribution in [-0.4, -0.2) is 15.6 Å². The Bertz CT molecular complexity index is 707. The van der Waals surface area contributed by atoms with Crippen LogP contribution in [0.5, 0.6) is 0 Å². The summed E-state index contributed by atoms with van der Waals surface area (Å²) in [5.74, 6) is -1.25. The number of pyridine rings is 1. The van der Waals surface area contributed by atoms with Crippen molar-refractivity contribution < 1.29 is 9.90 Å². The number of nitrogens with zero attached hydrogens (tertiary/aromatic N) is 1. The van der Waals surface area contributed by atoms with Crippen LogP contribution < -0.4 is 5.43 Å². The number of carboxylic acids is 1. The topological polar surface area (TPSA) is 59.3 Å². The lowest BCUT2D eigenvalue weighted by Crippen LogP contribution is -2.18. The van der Waals surface area contributed by atoms with Crippen LogP contribution >= 0.6 is 23.2 Å². The minimum Gasteiger partial charge on any atom is -0.477 e. The van der Waals surface area contributed by atoms with Crippen LogP contribution in [0.2, 0.25) is 10.0 Å². The number of aromatic carboxylic acids is 1. The van der Waals surface area contributed by atoms with E-state index in [0.29, 0.717) is 17.1 Å². The van der Waals surface area contributed by atoms with Crippen molar-refractivity contribution in [1.82, 2.24) is 4.57 Å². The zero-order valence-electron chi connectivity index (χ0n) is 9.41. The van der Waals surface area contributed by atoms with E-state index >= 15 is 0 Å². The molecule has 0 amide bonds. The number of carboxylic acid groups (broad SMARTS) is 1. The molecule has 0 unspecified atom stereocenters. The van der Waals surface area contributed by atoms with Crippen LogP contribution in [-0.2, 0) is 6.54 Å². The molecule has 0 saturated carbocycles. The fourth-order valence-electron chi connectivity index (χ4n) is 1.83. The van der Waals surface area contributed by atoms with E-state index in [1.54, 1.807) is 4.57 Å². The van der Waals surface area contributed by atoms with E-state index in [1.165, 1.54) is 18.3 Å². The van der Waals surface area contributed by atoms with Crippen molar-refractivity contribution in [3.63, 3.8) is 0 Å². The highest BCUT2D eigenvalue weighted by Crippen LogP contribution is 2.29. The Morgan fingerprint density at radius 3 is 2.61 bits per heavy atom. The molecular weight excluding hydrogens is 277 g/mol. The van der Waals surface area contributed by atoms with Gasteiger partial charge in [0, 0.05) is 18.1 Å².